The smallest absolute Gasteiger partial charge is 0.123 e. The molecule has 2 nitrogen and oxygen atoms in total. The molecule has 0 aliphatic carbocycles. The van der Waals surface area contributed by atoms with Crippen LogP contribution < -0.4 is 10.1 Å². The van der Waals surface area contributed by atoms with Gasteiger partial charge >= 0.3 is 0 Å². The zero-order chi connectivity index (χ0) is 10.1. The molecule has 4 heteroatoms. The number of ether oxygens (including phenoxy) is 1. The molecular formula is C13H19Cl2NO. The van der Waals surface area contributed by atoms with Gasteiger partial charge in [0.15, 0.2) is 0 Å². The molecule has 1 spiro atoms. The lowest BCUT2D eigenvalue weighted by atomic mass is 9.84. The Hall–Kier alpha value is -0.440. The van der Waals surface area contributed by atoms with E-state index < -0.39 is 0 Å². The van der Waals surface area contributed by atoms with Gasteiger partial charge in [0, 0.05) is 0 Å². The number of rotatable bonds is 0. The van der Waals surface area contributed by atoms with Crippen molar-refractivity contribution in [2.45, 2.75) is 31.3 Å². The van der Waals surface area contributed by atoms with Gasteiger partial charge in [-0.05, 0) is 50.4 Å². The van der Waals surface area contributed by atoms with Crippen LogP contribution in [0.15, 0.2) is 24.3 Å². The monoisotopic (exact) mass is 275 g/mol. The van der Waals surface area contributed by atoms with E-state index >= 15 is 0 Å². The molecule has 2 heterocycles. The predicted octanol–water partition coefficient (Wildman–Crippen LogP) is 2.98. The van der Waals surface area contributed by atoms with Crippen molar-refractivity contribution < 1.29 is 4.74 Å². The van der Waals surface area contributed by atoms with E-state index in [-0.39, 0.29) is 30.4 Å². The Bertz CT molecular complexity index is 364. The molecule has 17 heavy (non-hydrogen) atoms. The third-order valence-corrected chi connectivity index (χ3v) is 3.66. The first-order valence-electron chi connectivity index (χ1n) is 5.86. The first kappa shape index (κ1) is 14.6. The number of fused-ring (bicyclic) bond motifs is 1. The zero-order valence-corrected chi connectivity index (χ0v) is 11.4. The van der Waals surface area contributed by atoms with Gasteiger partial charge in [-0.2, -0.15) is 0 Å². The predicted molar refractivity (Wildman–Crippen MR) is 74.7 cm³/mol. The molecule has 0 aromatic heterocycles. The number of hydrogen-bond acceptors (Lipinski definition) is 2. The maximum absolute atomic E-state index is 6.22. The summed E-state index contributed by atoms with van der Waals surface area (Å²) >= 11 is 0. The Labute approximate surface area is 115 Å². The highest BCUT2D eigenvalue weighted by Gasteiger charge is 2.37. The Morgan fingerprint density at radius 2 is 1.71 bits per heavy atom. The second kappa shape index (κ2) is 5.94. The number of para-hydroxylation sites is 1. The molecule has 3 rings (SSSR count). The van der Waals surface area contributed by atoms with E-state index in [1.54, 1.807) is 0 Å². The second-order valence-electron chi connectivity index (χ2n) is 4.64. The summed E-state index contributed by atoms with van der Waals surface area (Å²) in [5.41, 5.74) is 1.52. The molecule has 1 aromatic carbocycles. The lowest BCUT2D eigenvalue weighted by molar-refractivity contribution is 0.0170. The van der Waals surface area contributed by atoms with Crippen LogP contribution in [-0.4, -0.2) is 18.7 Å². The van der Waals surface area contributed by atoms with Gasteiger partial charge in [0.25, 0.3) is 0 Å². The van der Waals surface area contributed by atoms with Crippen molar-refractivity contribution in [2.75, 3.05) is 13.1 Å². The van der Waals surface area contributed by atoms with Crippen LogP contribution in [0.2, 0.25) is 0 Å². The van der Waals surface area contributed by atoms with E-state index in [4.69, 9.17) is 4.74 Å². The van der Waals surface area contributed by atoms with Gasteiger partial charge in [-0.15, -0.1) is 24.8 Å². The first-order valence-corrected chi connectivity index (χ1v) is 5.86. The Morgan fingerprint density at radius 1 is 1.00 bits per heavy atom. The van der Waals surface area contributed by atoms with Crippen LogP contribution in [0.4, 0.5) is 0 Å². The fourth-order valence-corrected chi connectivity index (χ4v) is 2.69. The van der Waals surface area contributed by atoms with Crippen LogP contribution in [-0.2, 0) is 6.42 Å². The number of piperidine rings is 1. The van der Waals surface area contributed by atoms with E-state index in [2.05, 4.69) is 29.6 Å². The Kier molecular flexibility index (Phi) is 5.11. The number of hydrogen-bond donors (Lipinski definition) is 1. The van der Waals surface area contributed by atoms with Crippen molar-refractivity contribution in [3.63, 3.8) is 0 Å². The van der Waals surface area contributed by atoms with E-state index in [0.29, 0.717) is 0 Å². The summed E-state index contributed by atoms with van der Waals surface area (Å²) in [4.78, 5) is 0. The first-order chi connectivity index (χ1) is 7.38. The highest BCUT2D eigenvalue weighted by molar-refractivity contribution is 5.85. The average Bonchev–Trinajstić information content (AvgIpc) is 2.30. The van der Waals surface area contributed by atoms with Crippen LogP contribution in [0.3, 0.4) is 0 Å². The minimum atomic E-state index is 0. The van der Waals surface area contributed by atoms with Crippen LogP contribution in [0.25, 0.3) is 0 Å². The van der Waals surface area contributed by atoms with Crippen LogP contribution in [0.5, 0.6) is 5.75 Å². The number of aryl methyl sites for hydroxylation is 1. The lowest BCUT2D eigenvalue weighted by Gasteiger charge is -2.41. The summed E-state index contributed by atoms with van der Waals surface area (Å²) in [5.74, 6) is 1.12. The summed E-state index contributed by atoms with van der Waals surface area (Å²) in [6.07, 6.45) is 4.67. The molecule has 0 bridgehead atoms. The largest absolute Gasteiger partial charge is 0.487 e. The van der Waals surface area contributed by atoms with E-state index in [9.17, 15) is 0 Å². The summed E-state index contributed by atoms with van der Waals surface area (Å²) in [7, 11) is 0. The molecule has 96 valence electrons. The van der Waals surface area contributed by atoms with Gasteiger partial charge in [0.05, 0.1) is 0 Å². The standard InChI is InChI=1S/C13H17NO.2ClH/c1-2-4-12-11(3-1)5-6-13(15-12)7-9-14-10-8-13;;/h1-4,14H,5-10H2;2*1H. The van der Waals surface area contributed by atoms with Crippen molar-refractivity contribution in [3.05, 3.63) is 29.8 Å². The van der Waals surface area contributed by atoms with Gasteiger partial charge in [0.1, 0.15) is 11.4 Å². The molecule has 1 fully saturated rings. The van der Waals surface area contributed by atoms with Crippen LogP contribution in [0, 0.1) is 0 Å². The minimum absolute atomic E-state index is 0. The molecule has 1 N–H and O–H groups in total. The fourth-order valence-electron chi connectivity index (χ4n) is 2.69. The Balaban J connectivity index is 0.000000722. The number of halogens is 2. The van der Waals surface area contributed by atoms with Crippen molar-refractivity contribution in [1.29, 1.82) is 0 Å². The molecule has 0 amide bonds. The molecule has 1 aromatic rings. The van der Waals surface area contributed by atoms with Crippen LogP contribution >= 0.6 is 24.8 Å². The third kappa shape index (κ3) is 2.87. The van der Waals surface area contributed by atoms with Crippen LogP contribution in [0.1, 0.15) is 24.8 Å². The maximum atomic E-state index is 6.22. The van der Waals surface area contributed by atoms with Crippen molar-refractivity contribution in [3.8, 4) is 5.75 Å². The lowest BCUT2D eigenvalue weighted by Crippen LogP contribution is -2.48. The fraction of sp³-hybridized carbons (Fsp3) is 0.538. The van der Waals surface area contributed by atoms with E-state index in [0.717, 1.165) is 31.7 Å². The summed E-state index contributed by atoms with van der Waals surface area (Å²) in [6, 6.07) is 8.46. The van der Waals surface area contributed by atoms with Gasteiger partial charge < -0.3 is 10.1 Å². The van der Waals surface area contributed by atoms with Gasteiger partial charge in [-0.1, -0.05) is 18.2 Å². The van der Waals surface area contributed by atoms with Crippen molar-refractivity contribution in [1.82, 2.24) is 5.32 Å². The minimum Gasteiger partial charge on any atom is -0.487 e. The highest BCUT2D eigenvalue weighted by atomic mass is 35.5. The average molecular weight is 276 g/mol. The summed E-state index contributed by atoms with van der Waals surface area (Å²) < 4.78 is 6.22. The molecular weight excluding hydrogens is 257 g/mol. The number of nitrogens with one attached hydrogen (secondary N) is 1. The molecule has 0 unspecified atom stereocenters. The zero-order valence-electron chi connectivity index (χ0n) is 9.78. The van der Waals surface area contributed by atoms with E-state index in [1.807, 2.05) is 0 Å². The molecule has 2 aliphatic heterocycles. The van der Waals surface area contributed by atoms with Gasteiger partial charge in [0.2, 0.25) is 0 Å². The molecule has 1 saturated heterocycles. The third-order valence-electron chi connectivity index (χ3n) is 3.66. The molecule has 0 radical (unpaired) electrons. The molecule has 0 saturated carbocycles. The Morgan fingerprint density at radius 3 is 2.47 bits per heavy atom. The normalized spacial score (nSPS) is 20.5. The highest BCUT2D eigenvalue weighted by Crippen LogP contribution is 2.37. The number of benzene rings is 1. The summed E-state index contributed by atoms with van der Waals surface area (Å²) in [6.45, 7) is 2.20. The van der Waals surface area contributed by atoms with Crippen molar-refractivity contribution in [2.24, 2.45) is 0 Å². The quantitative estimate of drug-likeness (QED) is 0.786. The second-order valence-corrected chi connectivity index (χ2v) is 4.64. The molecule has 0 atom stereocenters. The van der Waals surface area contributed by atoms with Gasteiger partial charge in [-0.25, -0.2) is 0 Å². The van der Waals surface area contributed by atoms with Crippen molar-refractivity contribution >= 4 is 24.8 Å². The van der Waals surface area contributed by atoms with E-state index in [1.165, 1.54) is 18.4 Å². The molecule has 2 aliphatic rings. The van der Waals surface area contributed by atoms with Gasteiger partial charge in [-0.3, -0.25) is 0 Å². The SMILES string of the molecule is Cl.Cl.c1ccc2c(c1)CCC1(CCNCC1)O2. The summed E-state index contributed by atoms with van der Waals surface area (Å²) in [5, 5.41) is 3.40. The maximum Gasteiger partial charge on any atom is 0.123 e. The topological polar surface area (TPSA) is 21.3 Å².